The van der Waals surface area contributed by atoms with E-state index in [0.29, 0.717) is 29.6 Å². The summed E-state index contributed by atoms with van der Waals surface area (Å²) in [5.74, 6) is 0.609. The molecule has 0 aliphatic heterocycles. The summed E-state index contributed by atoms with van der Waals surface area (Å²) in [6, 6.07) is 15.3. The summed E-state index contributed by atoms with van der Waals surface area (Å²) in [6.45, 7) is 1.55. The summed E-state index contributed by atoms with van der Waals surface area (Å²) >= 11 is 1.60. The molecular formula is C23H26F3N5OS. The van der Waals surface area contributed by atoms with E-state index in [1.54, 1.807) is 23.9 Å². The van der Waals surface area contributed by atoms with Crippen molar-refractivity contribution in [1.29, 1.82) is 0 Å². The molecule has 0 aliphatic carbocycles. The second-order valence-corrected chi connectivity index (χ2v) is 8.29. The summed E-state index contributed by atoms with van der Waals surface area (Å²) < 4.78 is 42.1. The number of halogens is 3. The van der Waals surface area contributed by atoms with Crippen LogP contribution in [-0.4, -0.2) is 54.7 Å². The van der Waals surface area contributed by atoms with Gasteiger partial charge in [-0.2, -0.15) is 4.98 Å². The van der Waals surface area contributed by atoms with Gasteiger partial charge in [-0.05, 0) is 57.6 Å². The summed E-state index contributed by atoms with van der Waals surface area (Å²) in [4.78, 5) is 12.2. The lowest BCUT2D eigenvalue weighted by molar-refractivity contribution is -0.274. The van der Waals surface area contributed by atoms with Crippen LogP contribution in [0.1, 0.15) is 6.42 Å². The summed E-state index contributed by atoms with van der Waals surface area (Å²) in [5, 5.41) is 6.52. The van der Waals surface area contributed by atoms with Crippen LogP contribution in [0, 0.1) is 0 Å². The van der Waals surface area contributed by atoms with Crippen LogP contribution in [0.15, 0.2) is 59.5 Å². The fourth-order valence-electron chi connectivity index (χ4n) is 3.07. The first kappa shape index (κ1) is 24.7. The van der Waals surface area contributed by atoms with Gasteiger partial charge in [0.2, 0.25) is 5.95 Å². The number of rotatable bonds is 10. The van der Waals surface area contributed by atoms with E-state index in [-0.39, 0.29) is 5.75 Å². The number of alkyl halides is 3. The van der Waals surface area contributed by atoms with E-state index in [0.717, 1.165) is 23.5 Å². The number of hydrogen-bond acceptors (Lipinski definition) is 7. The Morgan fingerprint density at radius 2 is 1.82 bits per heavy atom. The predicted octanol–water partition coefficient (Wildman–Crippen LogP) is 5.87. The van der Waals surface area contributed by atoms with Gasteiger partial charge in [0.1, 0.15) is 11.6 Å². The van der Waals surface area contributed by atoms with Crippen molar-refractivity contribution < 1.29 is 17.9 Å². The molecule has 3 aromatic rings. The molecule has 0 spiro atoms. The molecule has 6 nitrogen and oxygen atoms in total. The second-order valence-electron chi connectivity index (χ2n) is 7.45. The third-order valence-corrected chi connectivity index (χ3v) is 5.32. The number of hydrogen-bond donors (Lipinski definition) is 2. The number of thioether (sulfide) groups is 1. The zero-order valence-electron chi connectivity index (χ0n) is 18.6. The molecule has 2 aromatic carbocycles. The molecule has 0 saturated carbocycles. The largest absolute Gasteiger partial charge is 0.573 e. The Hall–Kier alpha value is -2.98. The van der Waals surface area contributed by atoms with Crippen molar-refractivity contribution >= 4 is 29.2 Å². The SMILES string of the molecule is CSc1ccccc1Nc1cc(-c2cccc(OC(F)(F)F)c2)nc(NCCCN(C)C)n1. The van der Waals surface area contributed by atoms with Gasteiger partial charge in [-0.25, -0.2) is 4.98 Å². The van der Waals surface area contributed by atoms with Crippen LogP contribution in [0.25, 0.3) is 11.3 Å². The first-order valence-corrected chi connectivity index (χ1v) is 11.5. The zero-order valence-corrected chi connectivity index (χ0v) is 19.4. The lowest BCUT2D eigenvalue weighted by Crippen LogP contribution is -2.17. The molecule has 1 aromatic heterocycles. The monoisotopic (exact) mass is 477 g/mol. The molecular weight excluding hydrogens is 451 g/mol. The highest BCUT2D eigenvalue weighted by Crippen LogP contribution is 2.31. The van der Waals surface area contributed by atoms with Crippen LogP contribution in [-0.2, 0) is 0 Å². The highest BCUT2D eigenvalue weighted by Gasteiger charge is 2.31. The highest BCUT2D eigenvalue weighted by atomic mass is 32.2. The molecule has 0 bridgehead atoms. The Morgan fingerprint density at radius 3 is 2.55 bits per heavy atom. The van der Waals surface area contributed by atoms with Crippen LogP contribution in [0.5, 0.6) is 5.75 Å². The number of benzene rings is 2. The van der Waals surface area contributed by atoms with E-state index >= 15 is 0 Å². The number of ether oxygens (including phenoxy) is 1. The number of aromatic nitrogens is 2. The molecule has 0 fully saturated rings. The van der Waals surface area contributed by atoms with Gasteiger partial charge in [0.25, 0.3) is 0 Å². The first-order chi connectivity index (χ1) is 15.7. The maximum atomic E-state index is 12.7. The Bertz CT molecular complexity index is 1060. The second kappa shape index (κ2) is 11.2. The fraction of sp³-hybridized carbons (Fsp3) is 0.304. The van der Waals surface area contributed by atoms with Crippen molar-refractivity contribution in [1.82, 2.24) is 14.9 Å². The third-order valence-electron chi connectivity index (χ3n) is 4.52. The average Bonchev–Trinajstić information content (AvgIpc) is 2.76. The number of nitrogens with one attached hydrogen (secondary N) is 2. The maximum Gasteiger partial charge on any atom is 0.573 e. The molecule has 1 heterocycles. The molecule has 10 heteroatoms. The Kier molecular flexibility index (Phi) is 8.40. The minimum absolute atomic E-state index is 0.304. The van der Waals surface area contributed by atoms with E-state index in [1.807, 2.05) is 44.6 Å². The first-order valence-electron chi connectivity index (χ1n) is 10.3. The van der Waals surface area contributed by atoms with Crippen molar-refractivity contribution in [3.05, 3.63) is 54.6 Å². The lowest BCUT2D eigenvalue weighted by atomic mass is 10.1. The van der Waals surface area contributed by atoms with Crippen LogP contribution in [0.4, 0.5) is 30.6 Å². The predicted molar refractivity (Wildman–Crippen MR) is 127 cm³/mol. The molecule has 3 rings (SSSR count). The summed E-state index contributed by atoms with van der Waals surface area (Å²) in [7, 11) is 4.00. The average molecular weight is 478 g/mol. The maximum absolute atomic E-state index is 12.7. The molecule has 0 radical (unpaired) electrons. The Labute approximate surface area is 195 Å². The van der Waals surface area contributed by atoms with Crippen LogP contribution >= 0.6 is 11.8 Å². The molecule has 0 atom stereocenters. The van der Waals surface area contributed by atoms with Gasteiger partial charge in [-0.1, -0.05) is 24.3 Å². The van der Waals surface area contributed by atoms with Crippen LogP contribution in [0.2, 0.25) is 0 Å². The minimum Gasteiger partial charge on any atom is -0.406 e. The lowest BCUT2D eigenvalue weighted by Gasteiger charge is -2.14. The van der Waals surface area contributed by atoms with E-state index < -0.39 is 6.36 Å². The van der Waals surface area contributed by atoms with Crippen LogP contribution < -0.4 is 15.4 Å². The van der Waals surface area contributed by atoms with Crippen molar-refractivity contribution in [3.63, 3.8) is 0 Å². The molecule has 33 heavy (non-hydrogen) atoms. The van der Waals surface area contributed by atoms with Gasteiger partial charge < -0.3 is 20.3 Å². The topological polar surface area (TPSA) is 62.3 Å². The van der Waals surface area contributed by atoms with Crippen molar-refractivity contribution in [2.75, 3.05) is 44.1 Å². The Morgan fingerprint density at radius 1 is 1.03 bits per heavy atom. The van der Waals surface area contributed by atoms with Gasteiger partial charge >= 0.3 is 6.36 Å². The molecule has 0 aliphatic rings. The van der Waals surface area contributed by atoms with Crippen LogP contribution in [0.3, 0.4) is 0 Å². The van der Waals surface area contributed by atoms with Gasteiger partial charge in [0.05, 0.1) is 11.4 Å². The number of para-hydroxylation sites is 1. The molecule has 2 N–H and O–H groups in total. The summed E-state index contributed by atoms with van der Waals surface area (Å²) in [6.07, 6.45) is -1.90. The van der Waals surface area contributed by atoms with Gasteiger partial charge in [0, 0.05) is 23.1 Å². The number of anilines is 3. The van der Waals surface area contributed by atoms with Gasteiger partial charge in [-0.15, -0.1) is 24.9 Å². The molecule has 0 saturated heterocycles. The van der Waals surface area contributed by atoms with Crippen molar-refractivity contribution in [2.45, 2.75) is 17.7 Å². The van der Waals surface area contributed by atoms with E-state index in [2.05, 4.69) is 30.2 Å². The molecule has 0 unspecified atom stereocenters. The summed E-state index contributed by atoms with van der Waals surface area (Å²) in [5.41, 5.74) is 1.83. The zero-order chi connectivity index (χ0) is 23.8. The smallest absolute Gasteiger partial charge is 0.406 e. The van der Waals surface area contributed by atoms with E-state index in [1.165, 1.54) is 18.2 Å². The molecule has 0 amide bonds. The van der Waals surface area contributed by atoms with E-state index in [4.69, 9.17) is 0 Å². The van der Waals surface area contributed by atoms with Gasteiger partial charge in [0.15, 0.2) is 0 Å². The molecule has 176 valence electrons. The standard InChI is InChI=1S/C23H26F3N5OS/c1-31(2)13-7-12-27-22-29-19(16-8-6-9-17(14-16)32-23(24,25)26)15-21(30-22)28-18-10-4-5-11-20(18)33-3/h4-6,8-11,14-15H,7,12-13H2,1-3H3,(H2,27,28,29,30). The fourth-order valence-corrected chi connectivity index (χ4v) is 3.63. The van der Waals surface area contributed by atoms with Crippen molar-refractivity contribution in [3.8, 4) is 17.0 Å². The van der Waals surface area contributed by atoms with E-state index in [9.17, 15) is 13.2 Å². The highest BCUT2D eigenvalue weighted by molar-refractivity contribution is 7.98. The third kappa shape index (κ3) is 7.83. The number of nitrogens with zero attached hydrogens (tertiary/aromatic N) is 3. The van der Waals surface area contributed by atoms with Gasteiger partial charge in [-0.3, -0.25) is 0 Å². The normalized spacial score (nSPS) is 11.5. The quantitative estimate of drug-likeness (QED) is 0.280. The Balaban J connectivity index is 1.92. The van der Waals surface area contributed by atoms with Crippen molar-refractivity contribution in [2.24, 2.45) is 0 Å². The minimum atomic E-state index is -4.77.